The topological polar surface area (TPSA) is 128 Å². The summed E-state index contributed by atoms with van der Waals surface area (Å²) in [5.74, 6) is 1.08. The van der Waals surface area contributed by atoms with Crippen LogP contribution in [0, 0.1) is 18.8 Å². The van der Waals surface area contributed by atoms with Crippen molar-refractivity contribution >= 4 is 65.8 Å². The number of benzene rings is 2. The molecule has 48 heavy (non-hydrogen) atoms. The van der Waals surface area contributed by atoms with Gasteiger partial charge in [-0.2, -0.15) is 5.10 Å². The van der Waals surface area contributed by atoms with Gasteiger partial charge in [0.15, 0.2) is 21.8 Å². The lowest BCUT2D eigenvalue weighted by Gasteiger charge is -2.39. The van der Waals surface area contributed by atoms with Crippen molar-refractivity contribution in [1.29, 1.82) is 0 Å². The van der Waals surface area contributed by atoms with Crippen LogP contribution in [0.25, 0.3) is 43.1 Å². The lowest BCUT2D eigenvalue weighted by Crippen LogP contribution is -2.45. The number of aromatic nitrogens is 4. The minimum absolute atomic E-state index is 0.272. The number of fused-ring (bicyclic) bond motifs is 2. The number of carbonyl (C=O) groups is 1. The highest BCUT2D eigenvalue weighted by molar-refractivity contribution is 7.92. The van der Waals surface area contributed by atoms with Crippen molar-refractivity contribution in [2.75, 3.05) is 29.5 Å². The number of hydrogen-bond donors (Lipinski definition) is 1. The van der Waals surface area contributed by atoms with E-state index in [1.54, 1.807) is 12.1 Å². The number of anilines is 1. The minimum Gasteiger partial charge on any atom is -0.479 e. The third-order valence-corrected chi connectivity index (χ3v) is 12.6. The third-order valence-electron chi connectivity index (χ3n) is 9.36. The number of rotatable bonds is 7. The Balaban J connectivity index is 1.30. The molecule has 0 saturated carbocycles. The van der Waals surface area contributed by atoms with Crippen LogP contribution in [0.1, 0.15) is 50.8 Å². The van der Waals surface area contributed by atoms with E-state index in [2.05, 4.69) is 4.90 Å². The van der Waals surface area contributed by atoms with Crippen LogP contribution in [0.3, 0.4) is 0 Å². The highest BCUT2D eigenvalue weighted by Gasteiger charge is 2.40. The Labute approximate surface area is 288 Å². The largest absolute Gasteiger partial charge is 0.479 e. The van der Waals surface area contributed by atoms with Crippen molar-refractivity contribution < 1.29 is 23.1 Å². The van der Waals surface area contributed by atoms with Gasteiger partial charge in [0.05, 0.1) is 38.5 Å². The molecule has 7 rings (SSSR count). The summed E-state index contributed by atoms with van der Waals surface area (Å²) in [6.07, 6.45) is 0.665. The predicted octanol–water partition coefficient (Wildman–Crippen LogP) is 7.08. The molecule has 0 bridgehead atoms. The second-order valence-corrected chi connectivity index (χ2v) is 17.6. The minimum atomic E-state index is -2.83. The van der Waals surface area contributed by atoms with E-state index in [1.165, 1.54) is 11.3 Å². The number of pyridine rings is 1. The maximum absolute atomic E-state index is 12.7. The smallest absolute Gasteiger partial charge is 0.337 e. The van der Waals surface area contributed by atoms with Gasteiger partial charge >= 0.3 is 5.97 Å². The van der Waals surface area contributed by atoms with Gasteiger partial charge in [0.2, 0.25) is 0 Å². The lowest BCUT2D eigenvalue weighted by molar-refractivity contribution is -0.160. The first-order valence-electron chi connectivity index (χ1n) is 16.1. The maximum atomic E-state index is 12.7. The van der Waals surface area contributed by atoms with Gasteiger partial charge in [0.1, 0.15) is 10.5 Å². The van der Waals surface area contributed by atoms with Gasteiger partial charge in [-0.1, -0.05) is 23.7 Å². The van der Waals surface area contributed by atoms with E-state index in [4.69, 9.17) is 31.4 Å². The summed E-state index contributed by atoms with van der Waals surface area (Å²) in [6, 6.07) is 13.3. The monoisotopic (exact) mass is 707 g/mol. The second-order valence-electron chi connectivity index (χ2n) is 14.0. The first-order valence-corrected chi connectivity index (χ1v) is 19.1. The molecule has 1 N–H and O–H groups in total. The molecule has 2 saturated heterocycles. The van der Waals surface area contributed by atoms with Crippen molar-refractivity contribution in [3.8, 4) is 21.8 Å². The van der Waals surface area contributed by atoms with E-state index in [-0.39, 0.29) is 5.92 Å². The van der Waals surface area contributed by atoms with Gasteiger partial charge in [-0.25, -0.2) is 23.2 Å². The molecule has 0 amide bonds. The number of thiazole rings is 1. The first kappa shape index (κ1) is 32.9. The summed E-state index contributed by atoms with van der Waals surface area (Å²) in [5.41, 5.74) is 5.38. The standard InChI is InChI=1S/C35H38ClN5O5S2/c1-19-16-25-31(28(21-6-8-23(36)9-7-21)27(19)30(34(42)43)46-35(2,3)4)47-33(38-25)24-10-11-26-29(37-24)32(39-40(26)5)41-14-12-20(13-15-41)22-17-48(44,45)18-22/h6-11,16,20,22,30H,12-15,17-18H2,1-5H3,(H,42,43)/t30-/m0/s1. The molecule has 252 valence electrons. The number of nitrogens with zero attached hydrogens (tertiary/aromatic N) is 5. The molecule has 2 aliphatic heterocycles. The highest BCUT2D eigenvalue weighted by atomic mass is 35.5. The number of halogens is 1. The van der Waals surface area contributed by atoms with Gasteiger partial charge in [0, 0.05) is 36.3 Å². The predicted molar refractivity (Wildman–Crippen MR) is 191 cm³/mol. The van der Waals surface area contributed by atoms with E-state index in [1.807, 2.05) is 69.8 Å². The summed E-state index contributed by atoms with van der Waals surface area (Å²) in [6.45, 7) is 9.04. The fourth-order valence-electron chi connectivity index (χ4n) is 7.06. The molecule has 5 heterocycles. The van der Waals surface area contributed by atoms with Gasteiger partial charge in [0.25, 0.3) is 0 Å². The summed E-state index contributed by atoms with van der Waals surface area (Å²) < 4.78 is 32.4. The molecule has 13 heteroatoms. The average molecular weight is 708 g/mol. The second kappa shape index (κ2) is 12.1. The van der Waals surface area contributed by atoms with Crippen molar-refractivity contribution in [2.45, 2.75) is 52.2 Å². The number of ether oxygens (including phenoxy) is 1. The van der Waals surface area contributed by atoms with Crippen LogP contribution >= 0.6 is 22.9 Å². The zero-order valence-corrected chi connectivity index (χ0v) is 29.9. The molecule has 3 aromatic heterocycles. The number of sulfone groups is 1. The van der Waals surface area contributed by atoms with Crippen LogP contribution in [0.15, 0.2) is 42.5 Å². The highest BCUT2D eigenvalue weighted by Crippen LogP contribution is 2.45. The molecule has 2 fully saturated rings. The summed E-state index contributed by atoms with van der Waals surface area (Å²) >= 11 is 7.73. The van der Waals surface area contributed by atoms with E-state index < -0.39 is 27.5 Å². The normalized spacial score (nSPS) is 18.0. The zero-order chi connectivity index (χ0) is 34.1. The average Bonchev–Trinajstić information content (AvgIpc) is 3.58. The molecule has 2 aliphatic rings. The van der Waals surface area contributed by atoms with Crippen LogP contribution in [-0.4, -0.2) is 69.4 Å². The van der Waals surface area contributed by atoms with Gasteiger partial charge in [-0.05, 0) is 93.8 Å². The van der Waals surface area contributed by atoms with Crippen LogP contribution < -0.4 is 4.90 Å². The number of carboxylic acid groups (broad SMARTS) is 1. The van der Waals surface area contributed by atoms with E-state index >= 15 is 0 Å². The molecular weight excluding hydrogens is 670 g/mol. The summed E-state index contributed by atoms with van der Waals surface area (Å²) in [4.78, 5) is 25.1. The number of aliphatic carboxylic acids is 1. The van der Waals surface area contributed by atoms with Crippen molar-refractivity contribution in [2.24, 2.45) is 18.9 Å². The van der Waals surface area contributed by atoms with Crippen LogP contribution in [0.4, 0.5) is 5.82 Å². The molecule has 0 radical (unpaired) electrons. The third kappa shape index (κ3) is 6.19. The summed E-state index contributed by atoms with van der Waals surface area (Å²) in [5, 5.41) is 16.5. The van der Waals surface area contributed by atoms with Gasteiger partial charge < -0.3 is 14.7 Å². The number of aryl methyl sites for hydroxylation is 2. The van der Waals surface area contributed by atoms with Crippen molar-refractivity contribution in [3.63, 3.8) is 0 Å². The fourth-order valence-corrected chi connectivity index (χ4v) is 10.0. The Kier molecular flexibility index (Phi) is 8.29. The SMILES string of the molecule is Cc1cc2nc(-c3ccc4c(n3)c(N3CCC(C5CS(=O)(=O)C5)CC3)nn4C)sc2c(-c2ccc(Cl)cc2)c1[C@H](OC(C)(C)C)C(=O)O. The van der Waals surface area contributed by atoms with E-state index in [0.717, 1.165) is 69.7 Å². The van der Waals surface area contributed by atoms with Crippen LogP contribution in [0.2, 0.25) is 5.02 Å². The van der Waals surface area contributed by atoms with Gasteiger partial charge in [-0.15, -0.1) is 11.3 Å². The molecule has 1 atom stereocenters. The lowest BCUT2D eigenvalue weighted by atomic mass is 9.86. The Morgan fingerprint density at radius 1 is 1.06 bits per heavy atom. The molecular formula is C35H38ClN5O5S2. The molecule has 0 spiro atoms. The van der Waals surface area contributed by atoms with Crippen molar-refractivity contribution in [3.05, 3.63) is 58.6 Å². The number of carboxylic acids is 1. The van der Waals surface area contributed by atoms with Gasteiger partial charge in [-0.3, -0.25) is 4.68 Å². The van der Waals surface area contributed by atoms with Crippen LogP contribution in [0.5, 0.6) is 0 Å². The molecule has 0 unspecified atom stereocenters. The van der Waals surface area contributed by atoms with E-state index in [0.29, 0.717) is 38.7 Å². The first-order chi connectivity index (χ1) is 22.7. The Morgan fingerprint density at radius 2 is 1.75 bits per heavy atom. The molecule has 0 aliphatic carbocycles. The Bertz CT molecular complexity index is 2150. The molecule has 5 aromatic rings. The molecule has 10 nitrogen and oxygen atoms in total. The number of piperidine rings is 1. The summed E-state index contributed by atoms with van der Waals surface area (Å²) in [7, 11) is -0.920. The van der Waals surface area contributed by atoms with Crippen LogP contribution in [-0.2, 0) is 26.4 Å². The Hall–Kier alpha value is -3.58. The zero-order valence-electron chi connectivity index (χ0n) is 27.5. The maximum Gasteiger partial charge on any atom is 0.337 e. The Morgan fingerprint density at radius 3 is 2.38 bits per heavy atom. The fraction of sp³-hybridized carbons (Fsp3) is 0.429. The molecule has 2 aromatic carbocycles. The quantitative estimate of drug-likeness (QED) is 0.189. The van der Waals surface area contributed by atoms with Crippen molar-refractivity contribution in [1.82, 2.24) is 19.7 Å². The number of hydrogen-bond acceptors (Lipinski definition) is 9. The van der Waals surface area contributed by atoms with E-state index in [9.17, 15) is 18.3 Å².